The molecule has 2 aromatic carbocycles. The van der Waals surface area contributed by atoms with E-state index >= 15 is 0 Å². The lowest BCUT2D eigenvalue weighted by Gasteiger charge is -2.12. The average molecular weight is 301 g/mol. The fourth-order valence-corrected chi connectivity index (χ4v) is 2.69. The van der Waals surface area contributed by atoms with Crippen molar-refractivity contribution in [1.82, 2.24) is 5.32 Å². The van der Waals surface area contributed by atoms with Crippen LogP contribution in [0.1, 0.15) is 24.5 Å². The van der Waals surface area contributed by atoms with Crippen LogP contribution < -0.4 is 10.1 Å². The number of nitrogens with one attached hydrogen (secondary N) is 1. The van der Waals surface area contributed by atoms with Gasteiger partial charge in [0.05, 0.1) is 0 Å². The molecule has 0 saturated heterocycles. The van der Waals surface area contributed by atoms with Crippen LogP contribution in [0.25, 0.3) is 0 Å². The summed E-state index contributed by atoms with van der Waals surface area (Å²) in [6.07, 6.45) is 3.22. The third-order valence-electron chi connectivity index (χ3n) is 3.35. The Labute approximate surface area is 131 Å². The van der Waals surface area contributed by atoms with E-state index in [0.717, 1.165) is 35.9 Å². The highest BCUT2D eigenvalue weighted by molar-refractivity contribution is 7.98. The first-order valence-corrected chi connectivity index (χ1v) is 8.58. The molecule has 0 bridgehead atoms. The van der Waals surface area contributed by atoms with Crippen LogP contribution in [0, 0.1) is 6.92 Å². The Bertz CT molecular complexity index is 583. The lowest BCUT2D eigenvalue weighted by molar-refractivity contribution is 0.470. The molecule has 0 amide bonds. The van der Waals surface area contributed by atoms with Gasteiger partial charge >= 0.3 is 0 Å². The lowest BCUT2D eigenvalue weighted by Crippen LogP contribution is -2.14. The van der Waals surface area contributed by atoms with Crippen molar-refractivity contribution < 1.29 is 4.74 Å². The fraction of sp³-hybridized carbons (Fsp3) is 0.333. The molecule has 0 atom stereocenters. The summed E-state index contributed by atoms with van der Waals surface area (Å²) in [5.74, 6) is 1.81. The molecule has 0 aliphatic heterocycles. The molecule has 0 aliphatic carbocycles. The Morgan fingerprint density at radius 1 is 1.14 bits per heavy atom. The molecule has 0 aromatic heterocycles. The highest BCUT2D eigenvalue weighted by Crippen LogP contribution is 2.31. The molecule has 1 N–H and O–H groups in total. The number of hydrogen-bond donors (Lipinski definition) is 1. The highest BCUT2D eigenvalue weighted by Gasteiger charge is 2.05. The fourth-order valence-electron chi connectivity index (χ4n) is 2.16. The molecule has 0 fully saturated rings. The summed E-state index contributed by atoms with van der Waals surface area (Å²) in [5, 5.41) is 3.44. The topological polar surface area (TPSA) is 21.3 Å². The molecule has 0 heterocycles. The zero-order valence-corrected chi connectivity index (χ0v) is 13.8. The monoisotopic (exact) mass is 301 g/mol. The van der Waals surface area contributed by atoms with Gasteiger partial charge in [0.1, 0.15) is 11.5 Å². The van der Waals surface area contributed by atoms with Crippen LogP contribution in [0.4, 0.5) is 0 Å². The van der Waals surface area contributed by atoms with Crippen LogP contribution in [0.3, 0.4) is 0 Å². The molecule has 3 heteroatoms. The first-order valence-electron chi connectivity index (χ1n) is 7.35. The van der Waals surface area contributed by atoms with E-state index in [-0.39, 0.29) is 0 Å². The zero-order valence-electron chi connectivity index (χ0n) is 13.0. The average Bonchev–Trinajstić information content (AvgIpc) is 2.50. The maximum Gasteiger partial charge on any atom is 0.140 e. The Morgan fingerprint density at radius 2 is 1.95 bits per heavy atom. The number of aryl methyl sites for hydroxylation is 1. The minimum absolute atomic E-state index is 0.897. The van der Waals surface area contributed by atoms with E-state index in [9.17, 15) is 0 Å². The predicted molar refractivity (Wildman–Crippen MR) is 91.5 cm³/mol. The van der Waals surface area contributed by atoms with Gasteiger partial charge in [0.25, 0.3) is 0 Å². The van der Waals surface area contributed by atoms with Crippen molar-refractivity contribution in [3.63, 3.8) is 0 Å². The van der Waals surface area contributed by atoms with Gasteiger partial charge in [-0.05, 0) is 61.5 Å². The standard InChI is InChI=1S/C18H23NOS/c1-4-11-19-13-15-9-10-16(12-14(15)2)20-17-7-5-6-8-18(17)21-3/h5-10,12,19H,4,11,13H2,1-3H3. The number of thioether (sulfide) groups is 1. The molecule has 2 nitrogen and oxygen atoms in total. The van der Waals surface area contributed by atoms with Crippen molar-refractivity contribution >= 4 is 11.8 Å². The van der Waals surface area contributed by atoms with Crippen molar-refractivity contribution in [3.8, 4) is 11.5 Å². The van der Waals surface area contributed by atoms with E-state index in [1.54, 1.807) is 11.8 Å². The minimum atomic E-state index is 0.897. The number of hydrogen-bond acceptors (Lipinski definition) is 3. The summed E-state index contributed by atoms with van der Waals surface area (Å²) >= 11 is 1.70. The van der Waals surface area contributed by atoms with Gasteiger partial charge < -0.3 is 10.1 Å². The number of para-hydroxylation sites is 1. The maximum atomic E-state index is 6.02. The van der Waals surface area contributed by atoms with E-state index in [0.29, 0.717) is 0 Å². The van der Waals surface area contributed by atoms with E-state index in [2.05, 4.69) is 43.6 Å². The summed E-state index contributed by atoms with van der Waals surface area (Å²) < 4.78 is 6.02. The third kappa shape index (κ3) is 4.51. The second kappa shape index (κ2) is 8.11. The third-order valence-corrected chi connectivity index (χ3v) is 4.13. The van der Waals surface area contributed by atoms with Gasteiger partial charge in [-0.15, -0.1) is 11.8 Å². The molecule has 0 aliphatic rings. The molecular weight excluding hydrogens is 278 g/mol. The van der Waals surface area contributed by atoms with Crippen molar-refractivity contribution in [1.29, 1.82) is 0 Å². The van der Waals surface area contributed by atoms with Gasteiger partial charge in [0.2, 0.25) is 0 Å². The predicted octanol–water partition coefficient (Wildman–Crippen LogP) is 5.01. The first kappa shape index (κ1) is 15.9. The molecule has 2 rings (SSSR count). The van der Waals surface area contributed by atoms with Gasteiger partial charge in [0.15, 0.2) is 0 Å². The smallest absolute Gasteiger partial charge is 0.140 e. The van der Waals surface area contributed by atoms with E-state index in [1.807, 2.05) is 24.3 Å². The van der Waals surface area contributed by atoms with Crippen LogP contribution in [0.5, 0.6) is 11.5 Å². The summed E-state index contributed by atoms with van der Waals surface area (Å²) in [5.41, 5.74) is 2.59. The van der Waals surface area contributed by atoms with Crippen molar-refractivity contribution in [2.75, 3.05) is 12.8 Å². The normalized spacial score (nSPS) is 10.6. The first-order chi connectivity index (χ1) is 10.2. The molecule has 21 heavy (non-hydrogen) atoms. The molecule has 0 spiro atoms. The van der Waals surface area contributed by atoms with Crippen molar-refractivity contribution in [3.05, 3.63) is 53.6 Å². The van der Waals surface area contributed by atoms with Gasteiger partial charge in [-0.3, -0.25) is 0 Å². The Balaban J connectivity index is 2.09. The van der Waals surface area contributed by atoms with Crippen LogP contribution in [-0.4, -0.2) is 12.8 Å². The Morgan fingerprint density at radius 3 is 2.67 bits per heavy atom. The second-order valence-electron chi connectivity index (χ2n) is 5.02. The Kier molecular flexibility index (Phi) is 6.15. The molecular formula is C18H23NOS. The van der Waals surface area contributed by atoms with Crippen LogP contribution >= 0.6 is 11.8 Å². The van der Waals surface area contributed by atoms with Crippen LogP contribution in [0.2, 0.25) is 0 Å². The number of ether oxygens (including phenoxy) is 1. The molecule has 0 saturated carbocycles. The quantitative estimate of drug-likeness (QED) is 0.574. The van der Waals surface area contributed by atoms with E-state index in [4.69, 9.17) is 4.74 Å². The summed E-state index contributed by atoms with van der Waals surface area (Å²) in [4.78, 5) is 1.16. The van der Waals surface area contributed by atoms with Crippen LogP contribution in [-0.2, 0) is 6.54 Å². The molecule has 0 radical (unpaired) electrons. The summed E-state index contributed by atoms with van der Waals surface area (Å²) in [6.45, 7) is 6.29. The van der Waals surface area contributed by atoms with E-state index in [1.165, 1.54) is 11.1 Å². The maximum absolute atomic E-state index is 6.02. The molecule has 112 valence electrons. The van der Waals surface area contributed by atoms with Crippen LogP contribution in [0.15, 0.2) is 47.4 Å². The lowest BCUT2D eigenvalue weighted by atomic mass is 10.1. The summed E-state index contributed by atoms with van der Waals surface area (Å²) in [6, 6.07) is 14.4. The van der Waals surface area contributed by atoms with E-state index < -0.39 is 0 Å². The largest absolute Gasteiger partial charge is 0.456 e. The van der Waals surface area contributed by atoms with Gasteiger partial charge in [-0.2, -0.15) is 0 Å². The van der Waals surface area contributed by atoms with Gasteiger partial charge in [0, 0.05) is 11.4 Å². The summed E-state index contributed by atoms with van der Waals surface area (Å²) in [7, 11) is 0. The van der Waals surface area contributed by atoms with Gasteiger partial charge in [-0.1, -0.05) is 25.1 Å². The SMILES string of the molecule is CCCNCc1ccc(Oc2ccccc2SC)cc1C. The van der Waals surface area contributed by atoms with Gasteiger partial charge in [-0.25, -0.2) is 0 Å². The van der Waals surface area contributed by atoms with Crippen molar-refractivity contribution in [2.45, 2.75) is 31.7 Å². The minimum Gasteiger partial charge on any atom is -0.456 e. The molecule has 0 unspecified atom stereocenters. The van der Waals surface area contributed by atoms with Crippen molar-refractivity contribution in [2.24, 2.45) is 0 Å². The number of rotatable bonds is 7. The molecule has 2 aromatic rings. The zero-order chi connectivity index (χ0) is 15.1. The Hall–Kier alpha value is -1.45. The number of benzene rings is 2. The highest BCUT2D eigenvalue weighted by atomic mass is 32.2. The second-order valence-corrected chi connectivity index (χ2v) is 5.87.